The molecule has 128 valence electrons. The summed E-state index contributed by atoms with van der Waals surface area (Å²) in [6, 6.07) is 5.97. The van der Waals surface area contributed by atoms with E-state index >= 15 is 0 Å². The monoisotopic (exact) mass is 339 g/mol. The van der Waals surface area contributed by atoms with Crippen LogP contribution >= 0.6 is 0 Å². The summed E-state index contributed by atoms with van der Waals surface area (Å²) >= 11 is 0. The molecule has 0 unspecified atom stereocenters. The Morgan fingerprint density at radius 3 is 2.70 bits per heavy atom. The number of piperidine rings is 1. The molecule has 2 aliphatic heterocycles. The summed E-state index contributed by atoms with van der Waals surface area (Å²) < 4.78 is 31.7. The number of rotatable bonds is 4. The molecule has 3 rings (SSSR count). The van der Waals surface area contributed by atoms with Crippen molar-refractivity contribution in [1.29, 1.82) is 0 Å². The van der Waals surface area contributed by atoms with Crippen molar-refractivity contribution in [3.63, 3.8) is 0 Å². The maximum atomic E-state index is 12.0. The molecular weight excluding hydrogens is 314 g/mol. The first kappa shape index (κ1) is 16.8. The lowest BCUT2D eigenvalue weighted by Crippen LogP contribution is -2.57. The van der Waals surface area contributed by atoms with Gasteiger partial charge in [-0.2, -0.15) is 0 Å². The molecule has 23 heavy (non-hydrogen) atoms. The van der Waals surface area contributed by atoms with Gasteiger partial charge in [-0.3, -0.25) is 9.88 Å². The lowest BCUT2D eigenvalue weighted by atomic mass is 9.90. The minimum absolute atomic E-state index is 0.173. The number of hydrogen-bond acceptors (Lipinski definition) is 5. The summed E-state index contributed by atoms with van der Waals surface area (Å²) in [6.45, 7) is 6.10. The van der Waals surface area contributed by atoms with Crippen molar-refractivity contribution < 1.29 is 13.2 Å². The topological polar surface area (TPSA) is 62.7 Å². The highest BCUT2D eigenvalue weighted by atomic mass is 32.2. The van der Waals surface area contributed by atoms with Gasteiger partial charge in [0.15, 0.2) is 0 Å². The molecule has 2 aliphatic rings. The Kier molecular flexibility index (Phi) is 5.01. The van der Waals surface area contributed by atoms with Crippen molar-refractivity contribution in [3.8, 4) is 0 Å². The maximum absolute atomic E-state index is 12.0. The Balaban J connectivity index is 1.61. The molecule has 0 radical (unpaired) electrons. The van der Waals surface area contributed by atoms with Gasteiger partial charge >= 0.3 is 0 Å². The number of ether oxygens (including phenoxy) is 1. The first-order chi connectivity index (χ1) is 11.0. The molecule has 6 nitrogen and oxygen atoms in total. The number of sulfonamides is 1. The molecule has 1 spiro atoms. The zero-order valence-corrected chi connectivity index (χ0v) is 14.5. The van der Waals surface area contributed by atoms with Crippen molar-refractivity contribution in [1.82, 2.24) is 14.2 Å². The average molecular weight is 339 g/mol. The van der Waals surface area contributed by atoms with Crippen molar-refractivity contribution in [2.24, 2.45) is 0 Å². The Morgan fingerprint density at radius 1 is 1.26 bits per heavy atom. The summed E-state index contributed by atoms with van der Waals surface area (Å²) in [5.41, 5.74) is 0.864. The Labute approximate surface area is 138 Å². The summed E-state index contributed by atoms with van der Waals surface area (Å²) in [5, 5.41) is 0. The van der Waals surface area contributed by atoms with Gasteiger partial charge in [-0.1, -0.05) is 6.07 Å². The molecule has 0 N–H and O–H groups in total. The van der Waals surface area contributed by atoms with Crippen LogP contribution in [0.15, 0.2) is 24.4 Å². The number of aromatic nitrogens is 1. The second-order valence-electron chi connectivity index (χ2n) is 6.36. The molecule has 1 aromatic rings. The van der Waals surface area contributed by atoms with Crippen LogP contribution in [-0.2, 0) is 21.3 Å². The predicted octanol–water partition coefficient (Wildman–Crippen LogP) is 1.10. The van der Waals surface area contributed by atoms with E-state index in [4.69, 9.17) is 4.74 Å². The van der Waals surface area contributed by atoms with Crippen LogP contribution in [0.2, 0.25) is 0 Å². The first-order valence-electron chi connectivity index (χ1n) is 8.27. The lowest BCUT2D eigenvalue weighted by molar-refractivity contribution is -0.131. The molecule has 0 aliphatic carbocycles. The molecule has 0 amide bonds. The minimum atomic E-state index is -3.08. The quantitative estimate of drug-likeness (QED) is 0.822. The molecule has 0 atom stereocenters. The van der Waals surface area contributed by atoms with Gasteiger partial charge in [-0.25, -0.2) is 12.7 Å². The van der Waals surface area contributed by atoms with Crippen LogP contribution < -0.4 is 0 Å². The molecule has 0 aromatic carbocycles. The van der Waals surface area contributed by atoms with Crippen LogP contribution in [-0.4, -0.2) is 66.7 Å². The van der Waals surface area contributed by atoms with E-state index in [1.54, 1.807) is 11.2 Å². The van der Waals surface area contributed by atoms with E-state index in [9.17, 15) is 8.42 Å². The molecule has 1 aromatic heterocycles. The van der Waals surface area contributed by atoms with Crippen LogP contribution in [0.4, 0.5) is 0 Å². The van der Waals surface area contributed by atoms with E-state index in [0.717, 1.165) is 38.2 Å². The van der Waals surface area contributed by atoms with Gasteiger partial charge < -0.3 is 4.74 Å². The van der Waals surface area contributed by atoms with E-state index in [0.29, 0.717) is 19.7 Å². The average Bonchev–Trinajstić information content (AvgIpc) is 2.56. The second-order valence-corrected chi connectivity index (χ2v) is 8.62. The zero-order valence-electron chi connectivity index (χ0n) is 13.6. The summed E-state index contributed by atoms with van der Waals surface area (Å²) in [5.74, 6) is 0.173. The minimum Gasteiger partial charge on any atom is -0.372 e. The van der Waals surface area contributed by atoms with E-state index in [1.807, 2.05) is 24.4 Å². The van der Waals surface area contributed by atoms with E-state index in [2.05, 4.69) is 9.88 Å². The molecule has 0 bridgehead atoms. The highest BCUT2D eigenvalue weighted by molar-refractivity contribution is 7.89. The lowest BCUT2D eigenvalue weighted by Gasteiger charge is -2.46. The van der Waals surface area contributed by atoms with Gasteiger partial charge in [-0.05, 0) is 31.9 Å². The molecule has 7 heteroatoms. The first-order valence-corrected chi connectivity index (χ1v) is 9.88. The van der Waals surface area contributed by atoms with Gasteiger partial charge in [0.25, 0.3) is 0 Å². The highest BCUT2D eigenvalue weighted by Crippen LogP contribution is 2.31. The van der Waals surface area contributed by atoms with E-state index in [-0.39, 0.29) is 11.4 Å². The van der Waals surface area contributed by atoms with Crippen LogP contribution in [0.3, 0.4) is 0 Å². The van der Waals surface area contributed by atoms with Crippen LogP contribution in [0.25, 0.3) is 0 Å². The normalized spacial score (nSPS) is 23.2. The molecular formula is C16H25N3O3S. The van der Waals surface area contributed by atoms with Gasteiger partial charge in [0.05, 0.1) is 23.7 Å². The van der Waals surface area contributed by atoms with Gasteiger partial charge in [-0.15, -0.1) is 0 Å². The Morgan fingerprint density at radius 2 is 2.04 bits per heavy atom. The van der Waals surface area contributed by atoms with Crippen LogP contribution in [0, 0.1) is 0 Å². The zero-order chi connectivity index (χ0) is 16.3. The number of pyridine rings is 1. The third kappa shape index (κ3) is 3.91. The Hall–Kier alpha value is -1.02. The predicted molar refractivity (Wildman–Crippen MR) is 88.5 cm³/mol. The van der Waals surface area contributed by atoms with Gasteiger partial charge in [0.2, 0.25) is 10.0 Å². The third-order valence-corrected chi connectivity index (χ3v) is 6.71. The van der Waals surface area contributed by atoms with Gasteiger partial charge in [0.1, 0.15) is 0 Å². The number of hydrogen-bond donors (Lipinski definition) is 0. The van der Waals surface area contributed by atoms with Crippen LogP contribution in [0.5, 0.6) is 0 Å². The number of morpholine rings is 1. The van der Waals surface area contributed by atoms with Crippen molar-refractivity contribution in [3.05, 3.63) is 30.1 Å². The van der Waals surface area contributed by atoms with Crippen molar-refractivity contribution in [2.45, 2.75) is 31.9 Å². The van der Waals surface area contributed by atoms with Crippen molar-refractivity contribution in [2.75, 3.05) is 38.5 Å². The fraction of sp³-hybridized carbons (Fsp3) is 0.688. The maximum Gasteiger partial charge on any atom is 0.213 e. The fourth-order valence-corrected chi connectivity index (χ4v) is 4.54. The molecule has 2 fully saturated rings. The van der Waals surface area contributed by atoms with Crippen molar-refractivity contribution >= 4 is 10.0 Å². The summed E-state index contributed by atoms with van der Waals surface area (Å²) in [6.07, 6.45) is 3.36. The van der Waals surface area contributed by atoms with Crippen LogP contribution in [0.1, 0.15) is 25.5 Å². The highest BCUT2D eigenvalue weighted by Gasteiger charge is 2.41. The second kappa shape index (κ2) is 6.84. The standard InChI is InChI=1S/C16H25N3O3S/c1-2-23(20,21)19-9-6-16(7-10-19)14-18(11-12-22-16)13-15-5-3-4-8-17-15/h3-5,8H,2,6-7,9-14H2,1H3. The van der Waals surface area contributed by atoms with E-state index in [1.165, 1.54) is 0 Å². The smallest absolute Gasteiger partial charge is 0.213 e. The van der Waals surface area contributed by atoms with Gasteiger partial charge in [0, 0.05) is 38.9 Å². The Bertz CT molecular complexity index is 613. The van der Waals surface area contributed by atoms with E-state index < -0.39 is 10.0 Å². The largest absolute Gasteiger partial charge is 0.372 e. The summed E-state index contributed by atoms with van der Waals surface area (Å²) in [7, 11) is -3.08. The number of nitrogens with zero attached hydrogens (tertiary/aromatic N) is 3. The third-order valence-electron chi connectivity index (χ3n) is 4.83. The fourth-order valence-electron chi connectivity index (χ4n) is 3.44. The molecule has 0 saturated carbocycles. The molecule has 2 saturated heterocycles. The SMILES string of the molecule is CCS(=O)(=O)N1CCC2(CC1)CN(Cc1ccccn1)CCO2. The molecule has 3 heterocycles. The summed E-state index contributed by atoms with van der Waals surface area (Å²) in [4.78, 5) is 6.76.